The number of nitrogens with zero attached hydrogens (tertiary/aromatic N) is 1. The number of sulfonamides is 1. The zero-order valence-corrected chi connectivity index (χ0v) is 22.6. The molecule has 1 amide bonds. The van der Waals surface area contributed by atoms with E-state index in [-0.39, 0.29) is 11.4 Å². The molecular formula is C31H32N2O4S. The van der Waals surface area contributed by atoms with Crippen molar-refractivity contribution in [1.82, 2.24) is 5.32 Å². The second-order valence-electron chi connectivity index (χ2n) is 9.02. The molecule has 196 valence electrons. The molecule has 0 heterocycles. The van der Waals surface area contributed by atoms with Crippen LogP contribution >= 0.6 is 0 Å². The summed E-state index contributed by atoms with van der Waals surface area (Å²) in [5.74, 6) is 0.198. The second kappa shape index (κ2) is 12.0. The van der Waals surface area contributed by atoms with E-state index in [1.54, 1.807) is 48.5 Å². The highest BCUT2D eigenvalue weighted by molar-refractivity contribution is 7.92. The number of nitrogens with one attached hydrogen (secondary N) is 1. The summed E-state index contributed by atoms with van der Waals surface area (Å²) < 4.78 is 34.2. The number of hydrogen-bond acceptors (Lipinski definition) is 4. The molecule has 0 fully saturated rings. The van der Waals surface area contributed by atoms with Gasteiger partial charge in [-0.15, -0.1) is 0 Å². The van der Waals surface area contributed by atoms with Crippen LogP contribution < -0.4 is 14.4 Å². The number of benzene rings is 4. The summed E-state index contributed by atoms with van der Waals surface area (Å²) in [4.78, 5) is 13.7. The first-order valence-electron chi connectivity index (χ1n) is 12.5. The third kappa shape index (κ3) is 6.23. The van der Waals surface area contributed by atoms with Crippen LogP contribution in [-0.4, -0.2) is 27.5 Å². The minimum atomic E-state index is -4.03. The predicted octanol–water partition coefficient (Wildman–Crippen LogP) is 5.80. The summed E-state index contributed by atoms with van der Waals surface area (Å²) in [6, 6.07) is 30.4. The van der Waals surface area contributed by atoms with Crippen molar-refractivity contribution in [1.29, 1.82) is 0 Å². The number of amides is 1. The maximum absolute atomic E-state index is 13.8. The smallest absolute Gasteiger partial charge is 0.264 e. The van der Waals surface area contributed by atoms with E-state index >= 15 is 0 Å². The van der Waals surface area contributed by atoms with E-state index < -0.39 is 22.0 Å². The Morgan fingerprint density at radius 3 is 2.11 bits per heavy atom. The Labute approximate surface area is 225 Å². The van der Waals surface area contributed by atoms with Gasteiger partial charge in [-0.05, 0) is 73.9 Å². The molecule has 0 unspecified atom stereocenters. The standard InChI is InChI=1S/C31H32N2O4S/c1-4-37-27-18-16-26(17-19-27)33(38(35,36)28-20-14-23(2)15-21-28)22-30(34)32-31(25-11-6-5-7-12-25)29-13-9-8-10-24(29)3/h5-21,31H,4,22H2,1-3H3,(H,32,34)/t31-/m0/s1. The van der Waals surface area contributed by atoms with Gasteiger partial charge >= 0.3 is 0 Å². The van der Waals surface area contributed by atoms with Gasteiger partial charge in [0, 0.05) is 0 Å². The van der Waals surface area contributed by atoms with E-state index in [2.05, 4.69) is 5.32 Å². The maximum Gasteiger partial charge on any atom is 0.264 e. The van der Waals surface area contributed by atoms with Crippen LogP contribution in [0.1, 0.15) is 35.2 Å². The first-order valence-corrected chi connectivity index (χ1v) is 14.0. The van der Waals surface area contributed by atoms with Crippen LogP contribution in [0.4, 0.5) is 5.69 Å². The monoisotopic (exact) mass is 528 g/mol. The van der Waals surface area contributed by atoms with Gasteiger partial charge in [-0.25, -0.2) is 8.42 Å². The lowest BCUT2D eigenvalue weighted by Crippen LogP contribution is -2.42. The van der Waals surface area contributed by atoms with Gasteiger partial charge in [0.25, 0.3) is 10.0 Å². The molecule has 38 heavy (non-hydrogen) atoms. The van der Waals surface area contributed by atoms with E-state index in [0.717, 1.165) is 26.6 Å². The predicted molar refractivity (Wildman–Crippen MR) is 151 cm³/mol. The normalized spacial score (nSPS) is 12.0. The van der Waals surface area contributed by atoms with Crippen molar-refractivity contribution in [3.8, 4) is 5.75 Å². The molecule has 1 N–H and O–H groups in total. The average molecular weight is 529 g/mol. The first-order chi connectivity index (χ1) is 18.3. The highest BCUT2D eigenvalue weighted by atomic mass is 32.2. The molecule has 0 aliphatic heterocycles. The van der Waals surface area contributed by atoms with Gasteiger partial charge < -0.3 is 10.1 Å². The second-order valence-corrected chi connectivity index (χ2v) is 10.9. The Kier molecular flexibility index (Phi) is 8.48. The largest absolute Gasteiger partial charge is 0.494 e. The van der Waals surface area contributed by atoms with Gasteiger partial charge in [0.1, 0.15) is 12.3 Å². The molecule has 4 aromatic carbocycles. The zero-order valence-electron chi connectivity index (χ0n) is 21.8. The topological polar surface area (TPSA) is 75.7 Å². The van der Waals surface area contributed by atoms with Crippen molar-refractivity contribution < 1.29 is 17.9 Å². The van der Waals surface area contributed by atoms with Crippen LogP contribution in [0.15, 0.2) is 108 Å². The lowest BCUT2D eigenvalue weighted by Gasteiger charge is -2.27. The van der Waals surface area contributed by atoms with Gasteiger partial charge in [0.2, 0.25) is 5.91 Å². The minimum absolute atomic E-state index is 0.114. The molecule has 0 saturated heterocycles. The maximum atomic E-state index is 13.8. The van der Waals surface area contributed by atoms with Crippen molar-refractivity contribution in [2.24, 2.45) is 0 Å². The van der Waals surface area contributed by atoms with Crippen LogP contribution in [0.25, 0.3) is 0 Å². The van der Waals surface area contributed by atoms with Crippen molar-refractivity contribution in [2.75, 3.05) is 17.5 Å². The van der Waals surface area contributed by atoms with Gasteiger partial charge in [0.05, 0.1) is 23.2 Å². The molecule has 0 spiro atoms. The third-order valence-electron chi connectivity index (χ3n) is 6.27. The van der Waals surface area contributed by atoms with Crippen LogP contribution in [0, 0.1) is 13.8 Å². The molecule has 0 bridgehead atoms. The van der Waals surface area contributed by atoms with Gasteiger partial charge in [0.15, 0.2) is 0 Å². The SMILES string of the molecule is CCOc1ccc(N(CC(=O)N[C@@H](c2ccccc2)c2ccccc2C)S(=O)(=O)c2ccc(C)cc2)cc1. The number of ether oxygens (including phenoxy) is 1. The molecular weight excluding hydrogens is 496 g/mol. The zero-order chi connectivity index (χ0) is 27.1. The van der Waals surface area contributed by atoms with Crippen molar-refractivity contribution >= 4 is 21.6 Å². The number of carbonyl (C=O) groups excluding carboxylic acids is 1. The molecule has 1 atom stereocenters. The molecule has 4 rings (SSSR count). The molecule has 0 aliphatic rings. The lowest BCUT2D eigenvalue weighted by atomic mass is 9.95. The Balaban J connectivity index is 1.69. The van der Waals surface area contributed by atoms with Crippen molar-refractivity contribution in [2.45, 2.75) is 31.7 Å². The van der Waals surface area contributed by atoms with E-state index in [1.807, 2.05) is 75.4 Å². The Bertz CT molecular complexity index is 1470. The third-order valence-corrected chi connectivity index (χ3v) is 8.06. The lowest BCUT2D eigenvalue weighted by molar-refractivity contribution is -0.120. The number of hydrogen-bond donors (Lipinski definition) is 1. The van der Waals surface area contributed by atoms with E-state index in [4.69, 9.17) is 4.74 Å². The summed E-state index contributed by atoms with van der Waals surface area (Å²) in [5.41, 5.74) is 4.19. The number of rotatable bonds is 10. The molecule has 7 heteroatoms. The summed E-state index contributed by atoms with van der Waals surface area (Å²) in [6.45, 7) is 5.87. The Morgan fingerprint density at radius 1 is 0.842 bits per heavy atom. The van der Waals surface area contributed by atoms with Crippen molar-refractivity contribution in [3.63, 3.8) is 0 Å². The number of carbonyl (C=O) groups is 1. The fraction of sp³-hybridized carbons (Fsp3) is 0.194. The van der Waals surface area contributed by atoms with Crippen LogP contribution in [-0.2, 0) is 14.8 Å². The number of aryl methyl sites for hydroxylation is 2. The molecule has 0 aromatic heterocycles. The van der Waals surface area contributed by atoms with Crippen molar-refractivity contribution in [3.05, 3.63) is 125 Å². The summed E-state index contributed by atoms with van der Waals surface area (Å²) in [6.07, 6.45) is 0. The Hall–Kier alpha value is -4.10. The number of anilines is 1. The first kappa shape index (κ1) is 26.9. The highest BCUT2D eigenvalue weighted by Crippen LogP contribution is 2.28. The van der Waals surface area contributed by atoms with Crippen LogP contribution in [0.5, 0.6) is 5.75 Å². The average Bonchev–Trinajstić information content (AvgIpc) is 2.92. The molecule has 6 nitrogen and oxygen atoms in total. The summed E-state index contributed by atoms with van der Waals surface area (Å²) >= 11 is 0. The Morgan fingerprint density at radius 2 is 1.47 bits per heavy atom. The minimum Gasteiger partial charge on any atom is -0.494 e. The van der Waals surface area contributed by atoms with Gasteiger partial charge in [-0.3, -0.25) is 9.10 Å². The summed E-state index contributed by atoms with van der Waals surface area (Å²) in [7, 11) is -4.03. The van der Waals surface area contributed by atoms with Gasteiger partial charge in [-0.2, -0.15) is 0 Å². The summed E-state index contributed by atoms with van der Waals surface area (Å²) in [5, 5.41) is 3.09. The fourth-order valence-electron chi connectivity index (χ4n) is 4.26. The quantitative estimate of drug-likeness (QED) is 0.282. The van der Waals surface area contributed by atoms with Gasteiger partial charge in [-0.1, -0.05) is 72.3 Å². The molecule has 0 saturated carbocycles. The van der Waals surface area contributed by atoms with E-state index in [0.29, 0.717) is 18.0 Å². The van der Waals surface area contributed by atoms with Crippen LogP contribution in [0.2, 0.25) is 0 Å². The van der Waals surface area contributed by atoms with E-state index in [9.17, 15) is 13.2 Å². The van der Waals surface area contributed by atoms with E-state index in [1.165, 1.54) is 0 Å². The molecule has 0 aliphatic carbocycles. The molecule has 0 radical (unpaired) electrons. The molecule has 4 aromatic rings. The highest BCUT2D eigenvalue weighted by Gasteiger charge is 2.29. The fourth-order valence-corrected chi connectivity index (χ4v) is 5.68. The van der Waals surface area contributed by atoms with Crippen LogP contribution in [0.3, 0.4) is 0 Å².